The maximum absolute atomic E-state index is 11.8. The highest BCUT2D eigenvalue weighted by atomic mass is 32.1. The van der Waals surface area contributed by atoms with Gasteiger partial charge in [-0.25, -0.2) is 0 Å². The van der Waals surface area contributed by atoms with Crippen LogP contribution in [-0.4, -0.2) is 29.9 Å². The topological polar surface area (TPSA) is 56.1 Å². The van der Waals surface area contributed by atoms with E-state index in [2.05, 4.69) is 27.7 Å². The Labute approximate surface area is 111 Å². The van der Waals surface area contributed by atoms with Crippen molar-refractivity contribution < 1.29 is 4.79 Å². The number of rotatable bonds is 4. The molecule has 0 radical (unpaired) electrons. The predicted molar refractivity (Wildman–Crippen MR) is 71.1 cm³/mol. The molecule has 0 spiro atoms. The molecule has 2 heterocycles. The molecule has 1 atom stereocenters. The number of carbonyl (C=O) groups excluding carboxylic acids is 1. The molecule has 1 aliphatic rings. The van der Waals surface area contributed by atoms with E-state index in [0.29, 0.717) is 13.0 Å². The first-order valence-electron chi connectivity index (χ1n) is 6.19. The van der Waals surface area contributed by atoms with E-state index >= 15 is 0 Å². The van der Waals surface area contributed by atoms with Crippen LogP contribution in [0.1, 0.15) is 23.8 Å². The van der Waals surface area contributed by atoms with Gasteiger partial charge in [0.2, 0.25) is 5.91 Å². The average Bonchev–Trinajstić information content (AvgIpc) is 2.83. The van der Waals surface area contributed by atoms with Crippen molar-refractivity contribution in [1.29, 1.82) is 5.26 Å². The lowest BCUT2D eigenvalue weighted by Gasteiger charge is -2.26. The standard InChI is InChI=1S/C13H17N3OS/c1-2-11(7-14)15-13(17)9-16-5-3-12-10(8-16)4-6-18-12/h4,6,11H,2-3,5,8-9H2,1H3,(H,15,17)/t11-/m0/s1. The lowest BCUT2D eigenvalue weighted by Crippen LogP contribution is -2.42. The molecule has 0 aliphatic carbocycles. The van der Waals surface area contributed by atoms with Gasteiger partial charge >= 0.3 is 0 Å². The van der Waals surface area contributed by atoms with Crippen LogP contribution in [0.3, 0.4) is 0 Å². The average molecular weight is 263 g/mol. The molecule has 96 valence electrons. The molecule has 18 heavy (non-hydrogen) atoms. The van der Waals surface area contributed by atoms with Gasteiger partial charge in [-0.3, -0.25) is 9.69 Å². The second-order valence-corrected chi connectivity index (χ2v) is 5.49. The third-order valence-corrected chi connectivity index (χ3v) is 4.18. The molecular formula is C13H17N3OS. The van der Waals surface area contributed by atoms with E-state index in [-0.39, 0.29) is 11.9 Å². The van der Waals surface area contributed by atoms with E-state index in [1.807, 2.05) is 6.92 Å². The molecule has 0 fully saturated rings. The Bertz CT molecular complexity index is 463. The quantitative estimate of drug-likeness (QED) is 0.896. The van der Waals surface area contributed by atoms with Crippen LogP contribution in [0.2, 0.25) is 0 Å². The summed E-state index contributed by atoms with van der Waals surface area (Å²) in [5, 5.41) is 13.7. The molecule has 1 aliphatic heterocycles. The molecule has 4 nitrogen and oxygen atoms in total. The molecule has 0 unspecified atom stereocenters. The Hall–Kier alpha value is -1.38. The Morgan fingerprint density at radius 3 is 3.28 bits per heavy atom. The Morgan fingerprint density at radius 1 is 1.72 bits per heavy atom. The van der Waals surface area contributed by atoms with Crippen molar-refractivity contribution in [1.82, 2.24) is 10.2 Å². The van der Waals surface area contributed by atoms with Gasteiger partial charge in [-0.1, -0.05) is 6.92 Å². The second kappa shape index (κ2) is 5.98. The molecule has 0 bridgehead atoms. The number of amides is 1. The van der Waals surface area contributed by atoms with E-state index in [0.717, 1.165) is 19.5 Å². The molecule has 0 aromatic carbocycles. The minimum atomic E-state index is -0.362. The predicted octanol–water partition coefficient (Wildman–Crippen LogP) is 1.52. The van der Waals surface area contributed by atoms with Crippen molar-refractivity contribution in [3.05, 3.63) is 21.9 Å². The van der Waals surface area contributed by atoms with E-state index in [1.54, 1.807) is 11.3 Å². The molecule has 0 saturated heterocycles. The molecule has 5 heteroatoms. The zero-order valence-corrected chi connectivity index (χ0v) is 11.3. The van der Waals surface area contributed by atoms with Crippen LogP contribution >= 0.6 is 11.3 Å². The van der Waals surface area contributed by atoms with Crippen molar-refractivity contribution >= 4 is 17.2 Å². The number of carbonyl (C=O) groups is 1. The number of hydrogen-bond donors (Lipinski definition) is 1. The van der Waals surface area contributed by atoms with Crippen LogP contribution in [0.25, 0.3) is 0 Å². The van der Waals surface area contributed by atoms with Crippen molar-refractivity contribution in [3.63, 3.8) is 0 Å². The summed E-state index contributed by atoms with van der Waals surface area (Å²) in [5.41, 5.74) is 1.34. The van der Waals surface area contributed by atoms with Crippen LogP contribution in [0.15, 0.2) is 11.4 Å². The number of nitrogens with one attached hydrogen (secondary N) is 1. The smallest absolute Gasteiger partial charge is 0.235 e. The highest BCUT2D eigenvalue weighted by molar-refractivity contribution is 7.10. The minimum Gasteiger partial charge on any atom is -0.339 e. The highest BCUT2D eigenvalue weighted by Gasteiger charge is 2.20. The van der Waals surface area contributed by atoms with Gasteiger partial charge in [0, 0.05) is 18.0 Å². The van der Waals surface area contributed by atoms with Crippen molar-refractivity contribution in [2.75, 3.05) is 13.1 Å². The van der Waals surface area contributed by atoms with Crippen molar-refractivity contribution in [2.45, 2.75) is 32.4 Å². The van der Waals surface area contributed by atoms with Gasteiger partial charge in [0.25, 0.3) is 0 Å². The summed E-state index contributed by atoms with van der Waals surface area (Å²) in [6, 6.07) is 3.85. The molecule has 0 saturated carbocycles. The van der Waals surface area contributed by atoms with E-state index in [1.165, 1.54) is 10.4 Å². The van der Waals surface area contributed by atoms with Crippen LogP contribution in [0.4, 0.5) is 0 Å². The highest BCUT2D eigenvalue weighted by Crippen LogP contribution is 2.23. The van der Waals surface area contributed by atoms with Crippen LogP contribution < -0.4 is 5.32 Å². The summed E-state index contributed by atoms with van der Waals surface area (Å²) >= 11 is 1.79. The van der Waals surface area contributed by atoms with Crippen molar-refractivity contribution in [2.24, 2.45) is 0 Å². The SMILES string of the molecule is CC[C@@H](C#N)NC(=O)CN1CCc2sccc2C1. The van der Waals surface area contributed by atoms with Gasteiger partial charge < -0.3 is 5.32 Å². The monoisotopic (exact) mass is 263 g/mol. The lowest BCUT2D eigenvalue weighted by molar-refractivity contribution is -0.122. The summed E-state index contributed by atoms with van der Waals surface area (Å²) < 4.78 is 0. The van der Waals surface area contributed by atoms with Crippen molar-refractivity contribution in [3.8, 4) is 6.07 Å². The Kier molecular flexibility index (Phi) is 4.34. The lowest BCUT2D eigenvalue weighted by atomic mass is 10.1. The third kappa shape index (κ3) is 3.09. The Balaban J connectivity index is 1.85. The fourth-order valence-corrected chi connectivity index (χ4v) is 3.00. The van der Waals surface area contributed by atoms with Gasteiger partial charge in [-0.2, -0.15) is 5.26 Å². The van der Waals surface area contributed by atoms with Crippen LogP contribution in [0, 0.1) is 11.3 Å². The summed E-state index contributed by atoms with van der Waals surface area (Å²) in [5.74, 6) is -0.0536. The van der Waals surface area contributed by atoms with E-state index < -0.39 is 0 Å². The third-order valence-electron chi connectivity index (χ3n) is 3.15. The molecule has 1 amide bonds. The fraction of sp³-hybridized carbons (Fsp3) is 0.538. The number of hydrogen-bond acceptors (Lipinski definition) is 4. The van der Waals surface area contributed by atoms with E-state index in [4.69, 9.17) is 5.26 Å². The van der Waals surface area contributed by atoms with Gasteiger partial charge in [0.15, 0.2) is 0 Å². The molecule has 2 rings (SSSR count). The number of thiophene rings is 1. The first-order chi connectivity index (χ1) is 8.72. The maximum atomic E-state index is 11.8. The van der Waals surface area contributed by atoms with Crippen LogP contribution in [-0.2, 0) is 17.8 Å². The summed E-state index contributed by atoms with van der Waals surface area (Å²) in [6.07, 6.45) is 1.67. The summed E-state index contributed by atoms with van der Waals surface area (Å²) in [4.78, 5) is 15.4. The second-order valence-electron chi connectivity index (χ2n) is 4.49. The van der Waals surface area contributed by atoms with Crippen LogP contribution in [0.5, 0.6) is 0 Å². The summed E-state index contributed by atoms with van der Waals surface area (Å²) in [7, 11) is 0. The Morgan fingerprint density at radius 2 is 2.56 bits per heavy atom. The first kappa shape index (κ1) is 13.1. The largest absolute Gasteiger partial charge is 0.339 e. The first-order valence-corrected chi connectivity index (χ1v) is 7.07. The zero-order valence-electron chi connectivity index (χ0n) is 10.5. The number of nitriles is 1. The van der Waals surface area contributed by atoms with Gasteiger partial charge in [-0.05, 0) is 29.9 Å². The van der Waals surface area contributed by atoms with Gasteiger partial charge in [-0.15, -0.1) is 11.3 Å². The molecule has 1 aromatic rings. The minimum absolute atomic E-state index is 0.0536. The van der Waals surface area contributed by atoms with Gasteiger partial charge in [0.05, 0.1) is 12.6 Å². The maximum Gasteiger partial charge on any atom is 0.235 e. The molecular weight excluding hydrogens is 246 g/mol. The fourth-order valence-electron chi connectivity index (χ4n) is 2.11. The normalized spacial score (nSPS) is 16.7. The molecule has 1 aromatic heterocycles. The van der Waals surface area contributed by atoms with E-state index in [9.17, 15) is 4.79 Å². The number of nitrogens with zero attached hydrogens (tertiary/aromatic N) is 2. The summed E-state index contributed by atoms with van der Waals surface area (Å²) in [6.45, 7) is 4.04. The molecule has 1 N–H and O–H groups in total. The zero-order chi connectivity index (χ0) is 13.0. The van der Waals surface area contributed by atoms with Gasteiger partial charge in [0.1, 0.15) is 6.04 Å². The number of fused-ring (bicyclic) bond motifs is 1.